The van der Waals surface area contributed by atoms with Crippen LogP contribution in [-0.4, -0.2) is 105 Å². The lowest BCUT2D eigenvalue weighted by atomic mass is 9.44. The van der Waals surface area contributed by atoms with Crippen molar-refractivity contribution in [3.63, 3.8) is 0 Å². The van der Waals surface area contributed by atoms with Crippen molar-refractivity contribution in [1.29, 1.82) is 0 Å². The number of hydrogen-bond acceptors (Lipinski definition) is 14. The predicted octanol–water partition coefficient (Wildman–Crippen LogP) is 3.66. The molecule has 2 bridgehead atoms. The number of benzene rings is 3. The molecule has 4 aliphatic carbocycles. The van der Waals surface area contributed by atoms with E-state index in [4.69, 9.17) is 23.7 Å². The van der Waals surface area contributed by atoms with Gasteiger partial charge in [0.2, 0.25) is 0 Å². The lowest BCUT2D eigenvalue weighted by Gasteiger charge is -2.67. The van der Waals surface area contributed by atoms with Crippen molar-refractivity contribution in [2.24, 2.45) is 16.7 Å². The van der Waals surface area contributed by atoms with Gasteiger partial charge in [-0.25, -0.2) is 9.59 Å². The van der Waals surface area contributed by atoms with E-state index in [2.05, 4.69) is 5.32 Å². The van der Waals surface area contributed by atoms with Crippen LogP contribution in [0.5, 0.6) is 0 Å². The van der Waals surface area contributed by atoms with Gasteiger partial charge >= 0.3 is 23.9 Å². The summed E-state index contributed by atoms with van der Waals surface area (Å²) in [6, 6.07) is 21.7. The van der Waals surface area contributed by atoms with Gasteiger partial charge in [0.1, 0.15) is 23.9 Å². The van der Waals surface area contributed by atoms with Crippen LogP contribution in [0, 0.1) is 16.7 Å². The Morgan fingerprint density at radius 1 is 0.810 bits per heavy atom. The third-order valence-corrected chi connectivity index (χ3v) is 14.4. The first-order valence-corrected chi connectivity index (χ1v) is 21.0. The number of ketones is 1. The van der Waals surface area contributed by atoms with Gasteiger partial charge < -0.3 is 44.3 Å². The Morgan fingerprint density at radius 3 is 2.03 bits per heavy atom. The van der Waals surface area contributed by atoms with E-state index in [-0.39, 0.29) is 41.7 Å². The van der Waals surface area contributed by atoms with Crippen molar-refractivity contribution in [1.82, 2.24) is 5.32 Å². The number of carbonyl (C=O) groups is 6. The lowest BCUT2D eigenvalue weighted by Crippen LogP contribution is -2.82. The molecule has 1 amide bonds. The minimum atomic E-state index is -2.40. The van der Waals surface area contributed by atoms with Gasteiger partial charge in [-0.15, -0.1) is 0 Å². The molecule has 0 spiro atoms. The number of amides is 1. The first-order valence-electron chi connectivity index (χ1n) is 21.0. The Kier molecular flexibility index (Phi) is 10.8. The minimum Gasteiger partial charge on any atom is -0.456 e. The van der Waals surface area contributed by atoms with E-state index in [1.165, 1.54) is 19.1 Å². The van der Waals surface area contributed by atoms with Crippen molar-refractivity contribution in [2.45, 2.75) is 114 Å². The van der Waals surface area contributed by atoms with Gasteiger partial charge in [-0.05, 0) is 60.4 Å². The van der Waals surface area contributed by atoms with E-state index >= 15 is 4.79 Å². The number of hydrogen-bond donors (Lipinski definition) is 4. The number of Topliss-reactive ketones (excluding diaryl/α,β-unsaturated/α-hetero) is 1. The molecular formula is C48H51NO14. The van der Waals surface area contributed by atoms with Crippen molar-refractivity contribution in [2.75, 3.05) is 6.61 Å². The average Bonchev–Trinajstić information content (AvgIpc) is 3.53. The third kappa shape index (κ3) is 6.70. The molecule has 1 aliphatic heterocycles. The molecule has 5 aliphatic rings. The predicted molar refractivity (Wildman–Crippen MR) is 220 cm³/mol. The van der Waals surface area contributed by atoms with Crippen LogP contribution in [-0.2, 0) is 49.3 Å². The highest BCUT2D eigenvalue weighted by atomic mass is 16.6. The zero-order valence-corrected chi connectivity index (χ0v) is 35.8. The minimum absolute atomic E-state index is 0.00559. The lowest BCUT2D eigenvalue weighted by molar-refractivity contribution is -0.346. The van der Waals surface area contributed by atoms with Crippen LogP contribution in [0.2, 0.25) is 0 Å². The molecule has 8 rings (SSSR count). The normalized spacial score (nSPS) is 34.9. The van der Waals surface area contributed by atoms with Gasteiger partial charge in [-0.1, -0.05) is 74.5 Å². The maximum atomic E-state index is 15.6. The van der Waals surface area contributed by atoms with E-state index in [9.17, 15) is 39.3 Å². The summed E-state index contributed by atoms with van der Waals surface area (Å²) in [4.78, 5) is 84.3. The van der Waals surface area contributed by atoms with E-state index in [0.29, 0.717) is 11.1 Å². The molecule has 63 heavy (non-hydrogen) atoms. The smallest absolute Gasteiger partial charge is 0.341 e. The van der Waals surface area contributed by atoms with Crippen LogP contribution < -0.4 is 5.32 Å². The number of nitrogens with one attached hydrogen (secondary N) is 1. The van der Waals surface area contributed by atoms with Gasteiger partial charge in [0.15, 0.2) is 23.1 Å². The average molecular weight is 866 g/mol. The largest absolute Gasteiger partial charge is 0.456 e. The Hall–Kier alpha value is -5.74. The van der Waals surface area contributed by atoms with Crippen LogP contribution >= 0.6 is 0 Å². The monoisotopic (exact) mass is 865 g/mol. The summed E-state index contributed by atoms with van der Waals surface area (Å²) in [5.74, 6) is -6.75. The fourth-order valence-electron chi connectivity index (χ4n) is 11.1. The van der Waals surface area contributed by atoms with Crippen LogP contribution in [0.25, 0.3) is 0 Å². The molecule has 3 fully saturated rings. The summed E-state index contributed by atoms with van der Waals surface area (Å²) >= 11 is 0. The molecule has 1 unspecified atom stereocenters. The third-order valence-electron chi connectivity index (χ3n) is 14.4. The summed E-state index contributed by atoms with van der Waals surface area (Å²) in [5.41, 5.74) is -8.71. The highest BCUT2D eigenvalue weighted by Gasteiger charge is 2.78. The van der Waals surface area contributed by atoms with Crippen molar-refractivity contribution in [3.05, 3.63) is 118 Å². The maximum absolute atomic E-state index is 15.6. The zero-order valence-electron chi connectivity index (χ0n) is 35.8. The molecule has 3 aromatic carbocycles. The number of aliphatic hydroxyl groups is 3. The number of rotatable bonds is 8. The summed E-state index contributed by atoms with van der Waals surface area (Å²) < 4.78 is 30.6. The molecule has 2 saturated carbocycles. The van der Waals surface area contributed by atoms with E-state index < -0.39 is 112 Å². The number of fused-ring (bicyclic) bond motifs is 6. The molecule has 15 nitrogen and oxygen atoms in total. The van der Waals surface area contributed by atoms with Crippen molar-refractivity contribution < 1.29 is 67.8 Å². The number of esters is 4. The topological polar surface area (TPSA) is 221 Å². The molecule has 3 aromatic rings. The number of ether oxygens (including phenoxy) is 5. The van der Waals surface area contributed by atoms with Gasteiger partial charge in [0, 0.05) is 44.1 Å². The first-order chi connectivity index (χ1) is 29.7. The molecule has 332 valence electrons. The fourth-order valence-corrected chi connectivity index (χ4v) is 11.1. The second kappa shape index (κ2) is 15.5. The quantitative estimate of drug-likeness (QED) is 0.144. The Morgan fingerprint density at radius 2 is 1.43 bits per heavy atom. The molecule has 1 saturated heterocycles. The SMILES string of the molecule is CC(=O)O[C@H]1C(=O)[C@@]2(C)[C@H]([C@H](OC(=O)c3ccccc3)[C@]3(O)CC(OC(=O)[C@@]4(O)Cc5ccccc5[C@@H]4NC(=O)c4ccccc4)C(C)=C1C3(C)C)[C@]1(OC(C)=O)CO[C@@H]1C[C@@H]2O. The fraction of sp³-hybridized carbons (Fsp3) is 0.458. The summed E-state index contributed by atoms with van der Waals surface area (Å²) in [6.45, 7) is 8.04. The number of carbonyl (C=O) groups excluding carboxylic acids is 6. The standard InChI is InChI=1S/C48H51NO14/c1-25-32(61-43(56)46(57)22-30-19-13-14-20-31(30)38(46)49-41(54)28-15-9-7-10-16-28)23-48(58)40(62-42(55)29-17-11-8-12-18-29)37-45(6,33(52)21-34-47(37,24-59-34)63-27(3)51)39(53)36(60-26(2)50)35(25)44(48,4)5/h7-20,32-34,36-38,40,52,57-58H,21-24H2,1-6H3,(H,49,54)/t32?,33-,34+,36+,37-,38-,40-,45+,46+,47-,48+/m0/s1. The molecule has 1 heterocycles. The Bertz CT molecular complexity index is 2420. The molecule has 15 heteroatoms. The molecule has 0 radical (unpaired) electrons. The van der Waals surface area contributed by atoms with Crippen LogP contribution in [0.3, 0.4) is 0 Å². The van der Waals surface area contributed by atoms with Crippen molar-refractivity contribution in [3.8, 4) is 0 Å². The highest BCUT2D eigenvalue weighted by Crippen LogP contribution is 2.64. The second-order valence-corrected chi connectivity index (χ2v) is 18.2. The van der Waals surface area contributed by atoms with E-state index in [1.807, 2.05) is 0 Å². The van der Waals surface area contributed by atoms with Crippen LogP contribution in [0.1, 0.15) is 92.3 Å². The first kappa shape index (κ1) is 43.9. The van der Waals surface area contributed by atoms with Gasteiger partial charge in [0.05, 0.1) is 35.6 Å². The summed E-state index contributed by atoms with van der Waals surface area (Å²) in [5, 5.41) is 41.2. The van der Waals surface area contributed by atoms with Gasteiger partial charge in [-0.3, -0.25) is 19.2 Å². The summed E-state index contributed by atoms with van der Waals surface area (Å²) in [7, 11) is 0. The Labute approximate surface area is 363 Å². The van der Waals surface area contributed by atoms with Gasteiger partial charge in [-0.2, -0.15) is 0 Å². The van der Waals surface area contributed by atoms with Crippen LogP contribution in [0.15, 0.2) is 96.1 Å². The van der Waals surface area contributed by atoms with Gasteiger partial charge in [0.25, 0.3) is 5.91 Å². The maximum Gasteiger partial charge on any atom is 0.341 e. The van der Waals surface area contributed by atoms with E-state index in [0.717, 1.165) is 13.8 Å². The van der Waals surface area contributed by atoms with Crippen LogP contribution in [0.4, 0.5) is 0 Å². The number of aliphatic hydroxyl groups excluding tert-OH is 1. The summed E-state index contributed by atoms with van der Waals surface area (Å²) in [6.07, 6.45) is -8.74. The second-order valence-electron chi connectivity index (χ2n) is 18.2. The highest BCUT2D eigenvalue weighted by molar-refractivity contribution is 5.97. The van der Waals surface area contributed by atoms with E-state index in [1.54, 1.807) is 93.6 Å². The Balaban J connectivity index is 1.29. The molecule has 4 N–H and O–H groups in total. The molecular weight excluding hydrogens is 815 g/mol. The molecule has 0 aromatic heterocycles. The zero-order chi connectivity index (χ0) is 45.4. The molecule has 11 atom stereocenters. The van der Waals surface area contributed by atoms with Crippen molar-refractivity contribution >= 4 is 35.6 Å².